The van der Waals surface area contributed by atoms with Crippen molar-refractivity contribution in [2.75, 3.05) is 13.2 Å². The SMILES string of the molecule is CC(=S)N(C)C[Si]. The van der Waals surface area contributed by atoms with E-state index in [2.05, 4.69) is 10.2 Å². The lowest BCUT2D eigenvalue weighted by molar-refractivity contribution is 0.602. The van der Waals surface area contributed by atoms with E-state index < -0.39 is 0 Å². The average molecular weight is 130 g/mol. The smallest absolute Gasteiger partial charge is 0.0742 e. The molecule has 0 aromatic rings. The van der Waals surface area contributed by atoms with Crippen molar-refractivity contribution in [2.24, 2.45) is 0 Å². The zero-order valence-electron chi connectivity index (χ0n) is 4.56. The van der Waals surface area contributed by atoms with E-state index >= 15 is 0 Å². The topological polar surface area (TPSA) is 3.24 Å². The summed E-state index contributed by atoms with van der Waals surface area (Å²) < 4.78 is 0. The first-order valence-corrected chi connectivity index (χ1v) is 3.16. The molecular formula is C4H8NSSi. The summed E-state index contributed by atoms with van der Waals surface area (Å²) in [5, 5.41) is 0. The standard InChI is InChI=1S/C4H8NSSi/c1-4(6)5(2)3-7/h3H2,1-2H3. The van der Waals surface area contributed by atoms with E-state index in [-0.39, 0.29) is 0 Å². The van der Waals surface area contributed by atoms with Gasteiger partial charge in [0.1, 0.15) is 0 Å². The first kappa shape index (κ1) is 7.11. The molecule has 0 saturated carbocycles. The molecule has 0 unspecified atom stereocenters. The van der Waals surface area contributed by atoms with Gasteiger partial charge in [-0.2, -0.15) is 0 Å². The molecule has 7 heavy (non-hydrogen) atoms. The molecule has 0 aromatic heterocycles. The lowest BCUT2D eigenvalue weighted by Gasteiger charge is -2.12. The van der Waals surface area contributed by atoms with Crippen LogP contribution < -0.4 is 0 Å². The Hall–Kier alpha value is 0.107. The first-order valence-electron chi connectivity index (χ1n) is 2.04. The largest absolute Gasteiger partial charge is 0.373 e. The summed E-state index contributed by atoms with van der Waals surface area (Å²) in [4.78, 5) is 2.85. The maximum atomic E-state index is 4.81. The summed E-state index contributed by atoms with van der Waals surface area (Å²) in [6.45, 7) is 1.90. The third-order valence-corrected chi connectivity index (χ3v) is 1.56. The Labute approximate surface area is 53.1 Å². The van der Waals surface area contributed by atoms with Crippen molar-refractivity contribution in [3.05, 3.63) is 0 Å². The third-order valence-electron chi connectivity index (χ3n) is 0.775. The molecule has 0 aliphatic rings. The van der Waals surface area contributed by atoms with Crippen LogP contribution in [-0.4, -0.2) is 33.3 Å². The maximum Gasteiger partial charge on any atom is 0.0742 e. The van der Waals surface area contributed by atoms with Crippen LogP contribution >= 0.6 is 12.2 Å². The molecule has 0 fully saturated rings. The number of rotatable bonds is 1. The van der Waals surface area contributed by atoms with Gasteiger partial charge in [0, 0.05) is 13.2 Å². The second-order valence-corrected chi connectivity index (χ2v) is 2.28. The van der Waals surface area contributed by atoms with Crippen LogP contribution in [0, 0.1) is 0 Å². The van der Waals surface area contributed by atoms with Gasteiger partial charge in [0.05, 0.1) is 15.2 Å². The zero-order chi connectivity index (χ0) is 5.86. The first-order chi connectivity index (χ1) is 3.18. The van der Waals surface area contributed by atoms with Crippen LogP contribution in [-0.2, 0) is 0 Å². The Morgan fingerprint density at radius 1 is 1.86 bits per heavy atom. The van der Waals surface area contributed by atoms with Gasteiger partial charge >= 0.3 is 0 Å². The van der Waals surface area contributed by atoms with Gasteiger partial charge in [-0.05, 0) is 6.92 Å². The van der Waals surface area contributed by atoms with Crippen LogP contribution in [0.3, 0.4) is 0 Å². The fourth-order valence-electron chi connectivity index (χ4n) is 0.111. The highest BCUT2D eigenvalue weighted by atomic mass is 32.1. The fraction of sp³-hybridized carbons (Fsp3) is 0.750. The van der Waals surface area contributed by atoms with E-state index in [9.17, 15) is 0 Å². The van der Waals surface area contributed by atoms with Gasteiger partial charge in [0.15, 0.2) is 0 Å². The molecule has 3 heteroatoms. The minimum atomic E-state index is 0.815. The van der Waals surface area contributed by atoms with Crippen molar-refractivity contribution in [3.8, 4) is 0 Å². The van der Waals surface area contributed by atoms with Gasteiger partial charge in [0.2, 0.25) is 0 Å². The summed E-state index contributed by atoms with van der Waals surface area (Å²) in [7, 11) is 5.24. The Morgan fingerprint density at radius 2 is 2.29 bits per heavy atom. The predicted octanol–water partition coefficient (Wildman–Crippen LogP) is 0.391. The summed E-state index contributed by atoms with van der Waals surface area (Å²) in [6, 6.07) is 0. The van der Waals surface area contributed by atoms with E-state index in [1.165, 1.54) is 0 Å². The van der Waals surface area contributed by atoms with Crippen molar-refractivity contribution in [1.29, 1.82) is 0 Å². The van der Waals surface area contributed by atoms with Crippen molar-refractivity contribution >= 4 is 27.4 Å². The zero-order valence-corrected chi connectivity index (χ0v) is 6.38. The number of hydrogen-bond acceptors (Lipinski definition) is 1. The quantitative estimate of drug-likeness (QED) is 0.373. The lowest BCUT2D eigenvalue weighted by Crippen LogP contribution is -2.23. The van der Waals surface area contributed by atoms with Crippen molar-refractivity contribution in [1.82, 2.24) is 4.90 Å². The fourth-order valence-corrected chi connectivity index (χ4v) is 0.528. The molecule has 0 aliphatic carbocycles. The minimum absolute atomic E-state index is 0.815. The predicted molar refractivity (Wildman–Crippen MR) is 36.7 cm³/mol. The summed E-state index contributed by atoms with van der Waals surface area (Å²) in [5.41, 5.74) is 0. The molecule has 0 aromatic carbocycles. The molecule has 0 aliphatic heterocycles. The van der Waals surface area contributed by atoms with E-state index in [1.807, 2.05) is 18.9 Å². The van der Waals surface area contributed by atoms with Crippen molar-refractivity contribution < 1.29 is 0 Å². The van der Waals surface area contributed by atoms with E-state index in [4.69, 9.17) is 12.2 Å². The molecule has 0 spiro atoms. The Balaban J connectivity index is 3.34. The highest BCUT2D eigenvalue weighted by Crippen LogP contribution is 1.80. The van der Waals surface area contributed by atoms with Crippen LogP contribution in [0.4, 0.5) is 0 Å². The van der Waals surface area contributed by atoms with Gasteiger partial charge < -0.3 is 4.90 Å². The number of hydrogen-bond donors (Lipinski definition) is 0. The molecule has 0 heterocycles. The minimum Gasteiger partial charge on any atom is -0.373 e. The molecule has 0 atom stereocenters. The molecule has 0 saturated heterocycles. The second-order valence-electron chi connectivity index (χ2n) is 1.38. The molecule has 39 valence electrons. The molecule has 3 radical (unpaired) electrons. The number of thiocarbonyl (C=S) groups is 1. The van der Waals surface area contributed by atoms with Crippen LogP contribution in [0.2, 0.25) is 0 Å². The Kier molecular flexibility index (Phi) is 3.20. The monoisotopic (exact) mass is 130 g/mol. The van der Waals surface area contributed by atoms with Gasteiger partial charge in [-0.25, -0.2) is 0 Å². The van der Waals surface area contributed by atoms with E-state index in [1.54, 1.807) is 0 Å². The van der Waals surface area contributed by atoms with E-state index in [0.717, 1.165) is 11.2 Å². The average Bonchev–Trinajstić information content (AvgIpc) is 1.65. The van der Waals surface area contributed by atoms with Gasteiger partial charge in [-0.3, -0.25) is 0 Å². The molecule has 0 amide bonds. The molecule has 1 nitrogen and oxygen atoms in total. The number of nitrogens with zero attached hydrogens (tertiary/aromatic N) is 1. The highest BCUT2D eigenvalue weighted by molar-refractivity contribution is 7.80. The van der Waals surface area contributed by atoms with E-state index in [0.29, 0.717) is 0 Å². The normalized spacial score (nSPS) is 8.43. The summed E-state index contributed by atoms with van der Waals surface area (Å²) >= 11 is 4.81. The van der Waals surface area contributed by atoms with Crippen molar-refractivity contribution in [2.45, 2.75) is 6.92 Å². The molecule has 0 bridgehead atoms. The Morgan fingerprint density at radius 3 is 2.29 bits per heavy atom. The van der Waals surface area contributed by atoms with Crippen LogP contribution in [0.15, 0.2) is 0 Å². The maximum absolute atomic E-state index is 4.81. The van der Waals surface area contributed by atoms with Crippen molar-refractivity contribution in [3.63, 3.8) is 0 Å². The molecule has 0 N–H and O–H groups in total. The van der Waals surface area contributed by atoms with Crippen LogP contribution in [0.25, 0.3) is 0 Å². The second kappa shape index (κ2) is 3.15. The van der Waals surface area contributed by atoms with Gasteiger partial charge in [-0.15, -0.1) is 0 Å². The molecular weight excluding hydrogens is 122 g/mol. The van der Waals surface area contributed by atoms with Crippen LogP contribution in [0.1, 0.15) is 6.92 Å². The lowest BCUT2D eigenvalue weighted by atomic mass is 10.7. The third kappa shape index (κ3) is 2.76. The molecule has 0 rings (SSSR count). The Bertz CT molecular complexity index is 74.1. The van der Waals surface area contributed by atoms with Crippen LogP contribution in [0.5, 0.6) is 0 Å². The summed E-state index contributed by atoms with van der Waals surface area (Å²) in [5.74, 6) is 0. The van der Waals surface area contributed by atoms with Gasteiger partial charge in [-0.1, -0.05) is 12.2 Å². The van der Waals surface area contributed by atoms with Gasteiger partial charge in [0.25, 0.3) is 0 Å². The summed E-state index contributed by atoms with van der Waals surface area (Å²) in [6.07, 6.45) is 0.815. The highest BCUT2D eigenvalue weighted by Gasteiger charge is 1.89.